The number of thioether (sulfide) groups is 1. The van der Waals surface area contributed by atoms with Crippen molar-refractivity contribution >= 4 is 17.7 Å². The molecular formula is C21H29N3O2S. The minimum absolute atomic E-state index is 0.229. The maximum Gasteiger partial charge on any atom is 0.232 e. The van der Waals surface area contributed by atoms with Gasteiger partial charge in [-0.2, -0.15) is 0 Å². The Morgan fingerprint density at radius 2 is 1.85 bits per heavy atom. The number of oxazole rings is 1. The van der Waals surface area contributed by atoms with Crippen LogP contribution >= 0.6 is 11.8 Å². The number of benzene rings is 1. The summed E-state index contributed by atoms with van der Waals surface area (Å²) in [7, 11) is 0. The van der Waals surface area contributed by atoms with Gasteiger partial charge in [-0.3, -0.25) is 4.79 Å². The van der Waals surface area contributed by atoms with Crippen molar-refractivity contribution in [3.8, 4) is 11.5 Å². The van der Waals surface area contributed by atoms with Crippen LogP contribution in [0.15, 0.2) is 28.7 Å². The Kier molecular flexibility index (Phi) is 6.96. The van der Waals surface area contributed by atoms with E-state index in [1.165, 1.54) is 5.56 Å². The van der Waals surface area contributed by atoms with Gasteiger partial charge < -0.3 is 14.2 Å². The lowest BCUT2D eigenvalue weighted by Gasteiger charge is -2.34. The van der Waals surface area contributed by atoms with Gasteiger partial charge in [0.25, 0.3) is 0 Å². The molecule has 2 aromatic rings. The first-order chi connectivity index (χ1) is 13.1. The molecule has 0 spiro atoms. The summed E-state index contributed by atoms with van der Waals surface area (Å²) in [6.07, 6.45) is 1.02. The van der Waals surface area contributed by atoms with Gasteiger partial charge in [-0.1, -0.05) is 26.0 Å². The van der Waals surface area contributed by atoms with Crippen molar-refractivity contribution in [3.05, 3.63) is 41.3 Å². The number of aromatic nitrogens is 1. The number of carbonyl (C=O) groups excluding carboxylic acids is 1. The van der Waals surface area contributed by atoms with Crippen LogP contribution in [-0.4, -0.2) is 59.2 Å². The van der Waals surface area contributed by atoms with E-state index in [9.17, 15) is 4.79 Å². The molecule has 1 aliphatic heterocycles. The maximum atomic E-state index is 12.4. The Bertz CT molecular complexity index is 749. The molecule has 6 heteroatoms. The summed E-state index contributed by atoms with van der Waals surface area (Å²) in [6.45, 7) is 11.0. The second-order valence-corrected chi connectivity index (χ2v) is 7.87. The van der Waals surface area contributed by atoms with Crippen molar-refractivity contribution in [2.24, 2.45) is 0 Å². The fourth-order valence-corrected chi connectivity index (χ4v) is 4.13. The van der Waals surface area contributed by atoms with E-state index >= 15 is 0 Å². The number of nitrogens with zero attached hydrogens (tertiary/aromatic N) is 3. The third-order valence-corrected chi connectivity index (χ3v) is 6.07. The molecule has 1 saturated heterocycles. The zero-order chi connectivity index (χ0) is 19.2. The van der Waals surface area contributed by atoms with E-state index in [1.54, 1.807) is 11.8 Å². The van der Waals surface area contributed by atoms with Gasteiger partial charge >= 0.3 is 0 Å². The van der Waals surface area contributed by atoms with E-state index in [-0.39, 0.29) is 5.91 Å². The summed E-state index contributed by atoms with van der Waals surface area (Å²) >= 11 is 1.62. The Balaban J connectivity index is 1.51. The SMILES string of the molecule is CCc1ccc(-c2nc(CSCC(=O)N3CCN(CC)CC3)c(C)o2)cc1. The lowest BCUT2D eigenvalue weighted by atomic mass is 10.1. The van der Waals surface area contributed by atoms with E-state index in [1.807, 2.05) is 11.8 Å². The molecule has 1 amide bonds. The molecule has 0 unspecified atom stereocenters. The zero-order valence-electron chi connectivity index (χ0n) is 16.5. The highest BCUT2D eigenvalue weighted by atomic mass is 32.2. The monoisotopic (exact) mass is 387 g/mol. The Labute approximate surface area is 166 Å². The number of amides is 1. The molecule has 0 radical (unpaired) electrons. The molecule has 27 heavy (non-hydrogen) atoms. The van der Waals surface area contributed by atoms with Crippen LogP contribution in [0.25, 0.3) is 11.5 Å². The molecule has 0 aliphatic carbocycles. The average molecular weight is 388 g/mol. The predicted octanol–water partition coefficient (Wildman–Crippen LogP) is 3.61. The summed E-state index contributed by atoms with van der Waals surface area (Å²) in [4.78, 5) is 21.4. The molecule has 5 nitrogen and oxygen atoms in total. The van der Waals surface area contributed by atoms with Gasteiger partial charge in [-0.05, 0) is 37.6 Å². The van der Waals surface area contributed by atoms with Crippen LogP contribution in [0.4, 0.5) is 0 Å². The lowest BCUT2D eigenvalue weighted by Crippen LogP contribution is -2.49. The smallest absolute Gasteiger partial charge is 0.232 e. The summed E-state index contributed by atoms with van der Waals surface area (Å²) in [5.41, 5.74) is 3.23. The molecule has 1 aliphatic rings. The number of hydrogen-bond donors (Lipinski definition) is 0. The van der Waals surface area contributed by atoms with Crippen LogP contribution in [-0.2, 0) is 17.0 Å². The van der Waals surface area contributed by atoms with Crippen LogP contribution in [0.5, 0.6) is 0 Å². The van der Waals surface area contributed by atoms with Gasteiger partial charge in [0.1, 0.15) is 5.76 Å². The first-order valence-electron chi connectivity index (χ1n) is 9.74. The zero-order valence-corrected chi connectivity index (χ0v) is 17.3. The summed E-state index contributed by atoms with van der Waals surface area (Å²) in [5.74, 6) is 2.92. The van der Waals surface area contributed by atoms with Crippen LogP contribution in [0.1, 0.15) is 30.9 Å². The van der Waals surface area contributed by atoms with Gasteiger partial charge in [-0.25, -0.2) is 4.98 Å². The largest absolute Gasteiger partial charge is 0.441 e. The lowest BCUT2D eigenvalue weighted by molar-refractivity contribution is -0.130. The number of hydrogen-bond acceptors (Lipinski definition) is 5. The van der Waals surface area contributed by atoms with Crippen molar-refractivity contribution in [2.45, 2.75) is 32.9 Å². The first kappa shape index (κ1) is 20.0. The van der Waals surface area contributed by atoms with Gasteiger partial charge in [0.05, 0.1) is 11.4 Å². The number of carbonyl (C=O) groups is 1. The molecule has 0 N–H and O–H groups in total. The van der Waals surface area contributed by atoms with Gasteiger partial charge in [0, 0.05) is 37.5 Å². The maximum absolute atomic E-state index is 12.4. The highest BCUT2D eigenvalue weighted by Crippen LogP contribution is 2.25. The van der Waals surface area contributed by atoms with Crippen LogP contribution < -0.4 is 0 Å². The van der Waals surface area contributed by atoms with E-state index in [0.717, 1.165) is 56.2 Å². The van der Waals surface area contributed by atoms with Crippen LogP contribution in [0.2, 0.25) is 0 Å². The van der Waals surface area contributed by atoms with Crippen molar-refractivity contribution in [1.82, 2.24) is 14.8 Å². The first-order valence-corrected chi connectivity index (χ1v) is 10.9. The molecule has 146 valence electrons. The highest BCUT2D eigenvalue weighted by molar-refractivity contribution is 7.99. The van der Waals surface area contributed by atoms with E-state index in [2.05, 4.69) is 48.0 Å². The standard InChI is InChI=1S/C21H29N3O2S/c1-4-17-6-8-18(9-7-17)21-22-19(16(3)26-21)14-27-15-20(25)24-12-10-23(5-2)11-13-24/h6-9H,4-5,10-15H2,1-3H3. The van der Waals surface area contributed by atoms with Crippen LogP contribution in [0.3, 0.4) is 0 Å². The normalized spacial score (nSPS) is 15.3. The molecule has 1 fully saturated rings. The van der Waals surface area contributed by atoms with Crippen molar-refractivity contribution in [3.63, 3.8) is 0 Å². The fourth-order valence-electron chi connectivity index (χ4n) is 3.21. The molecule has 0 bridgehead atoms. The summed E-state index contributed by atoms with van der Waals surface area (Å²) in [5, 5.41) is 0. The second-order valence-electron chi connectivity index (χ2n) is 6.88. The molecule has 3 rings (SSSR count). The third-order valence-electron chi connectivity index (χ3n) is 5.14. The quantitative estimate of drug-likeness (QED) is 0.726. The summed E-state index contributed by atoms with van der Waals surface area (Å²) in [6, 6.07) is 8.33. The van der Waals surface area contributed by atoms with E-state index in [4.69, 9.17) is 4.42 Å². The minimum Gasteiger partial charge on any atom is -0.441 e. The molecule has 0 atom stereocenters. The Morgan fingerprint density at radius 1 is 1.15 bits per heavy atom. The Morgan fingerprint density at radius 3 is 2.48 bits per heavy atom. The molecule has 2 heterocycles. The minimum atomic E-state index is 0.229. The molecular weight excluding hydrogens is 358 g/mol. The molecule has 1 aromatic carbocycles. The second kappa shape index (κ2) is 9.42. The number of aryl methyl sites for hydroxylation is 2. The average Bonchev–Trinajstić information content (AvgIpc) is 3.08. The third kappa shape index (κ3) is 5.14. The topological polar surface area (TPSA) is 49.6 Å². The molecule has 1 aromatic heterocycles. The Hall–Kier alpha value is -1.79. The van der Waals surface area contributed by atoms with Crippen LogP contribution in [0, 0.1) is 6.92 Å². The van der Waals surface area contributed by atoms with Crippen molar-refractivity contribution in [1.29, 1.82) is 0 Å². The summed E-state index contributed by atoms with van der Waals surface area (Å²) < 4.78 is 5.85. The predicted molar refractivity (Wildman–Crippen MR) is 111 cm³/mol. The van der Waals surface area contributed by atoms with Gasteiger partial charge in [-0.15, -0.1) is 11.8 Å². The van der Waals surface area contributed by atoms with Gasteiger partial charge in [0.2, 0.25) is 11.8 Å². The highest BCUT2D eigenvalue weighted by Gasteiger charge is 2.20. The van der Waals surface area contributed by atoms with Gasteiger partial charge in [0.15, 0.2) is 0 Å². The molecule has 0 saturated carbocycles. The van der Waals surface area contributed by atoms with Crippen molar-refractivity contribution < 1.29 is 9.21 Å². The number of piperazine rings is 1. The van der Waals surface area contributed by atoms with E-state index < -0.39 is 0 Å². The van der Waals surface area contributed by atoms with E-state index in [0.29, 0.717) is 17.4 Å². The number of rotatable bonds is 7. The number of likely N-dealkylation sites (N-methyl/N-ethyl adjacent to an activating group) is 1. The van der Waals surface area contributed by atoms with Crippen molar-refractivity contribution in [2.75, 3.05) is 38.5 Å². The fraction of sp³-hybridized carbons (Fsp3) is 0.524.